The summed E-state index contributed by atoms with van der Waals surface area (Å²) in [5, 5.41) is 4.35. The average Bonchev–Trinajstić information content (AvgIpc) is 3.66. The summed E-state index contributed by atoms with van der Waals surface area (Å²) in [4.78, 5) is 14.1. The molecule has 7 heteroatoms. The van der Waals surface area contributed by atoms with Gasteiger partial charge < -0.3 is 14.5 Å². The van der Waals surface area contributed by atoms with Crippen molar-refractivity contribution in [3.63, 3.8) is 0 Å². The van der Waals surface area contributed by atoms with Gasteiger partial charge in [0.1, 0.15) is 30.5 Å². The maximum Gasteiger partial charge on any atom is 0.162 e. The van der Waals surface area contributed by atoms with Crippen molar-refractivity contribution < 1.29 is 4.74 Å². The lowest BCUT2D eigenvalue weighted by molar-refractivity contribution is 0.245. The van der Waals surface area contributed by atoms with E-state index >= 15 is 0 Å². The predicted octanol–water partition coefficient (Wildman–Crippen LogP) is 4.86. The molecule has 2 unspecified atom stereocenters. The quantitative estimate of drug-likeness (QED) is 0.398. The maximum absolute atomic E-state index is 6.17. The van der Waals surface area contributed by atoms with Gasteiger partial charge in [-0.3, -0.25) is 0 Å². The fourth-order valence-corrected chi connectivity index (χ4v) is 5.51. The van der Waals surface area contributed by atoms with Crippen LogP contribution in [0.15, 0.2) is 73.4 Å². The lowest BCUT2D eigenvalue weighted by Crippen LogP contribution is -2.35. The van der Waals surface area contributed by atoms with E-state index in [4.69, 9.17) is 9.72 Å². The summed E-state index contributed by atoms with van der Waals surface area (Å²) in [7, 11) is 0. The number of hydrogen-bond donors (Lipinski definition) is 0. The van der Waals surface area contributed by atoms with Crippen molar-refractivity contribution in [2.75, 3.05) is 18.0 Å². The van der Waals surface area contributed by atoms with E-state index in [1.54, 1.807) is 17.2 Å². The second-order valence-electron chi connectivity index (χ2n) is 9.31. The van der Waals surface area contributed by atoms with E-state index in [-0.39, 0.29) is 0 Å². The molecule has 0 bridgehead atoms. The van der Waals surface area contributed by atoms with Crippen LogP contribution in [-0.4, -0.2) is 49.7 Å². The summed E-state index contributed by atoms with van der Waals surface area (Å²) in [6, 6.07) is 19.7. The van der Waals surface area contributed by atoms with Gasteiger partial charge >= 0.3 is 0 Å². The van der Waals surface area contributed by atoms with Crippen LogP contribution in [0, 0.1) is 0 Å². The molecule has 0 radical (unpaired) electrons. The van der Waals surface area contributed by atoms with Gasteiger partial charge in [0.15, 0.2) is 5.82 Å². The highest BCUT2D eigenvalue weighted by atomic mass is 16.5. The van der Waals surface area contributed by atoms with E-state index < -0.39 is 0 Å². The predicted molar refractivity (Wildman–Crippen MR) is 132 cm³/mol. The number of hydrogen-bond acceptors (Lipinski definition) is 6. The number of fused-ring (bicyclic) bond motifs is 1. The van der Waals surface area contributed by atoms with Crippen molar-refractivity contribution in [2.45, 2.75) is 50.8 Å². The summed E-state index contributed by atoms with van der Waals surface area (Å²) in [6.07, 6.45) is 11.4. The Hall–Kier alpha value is -3.45. The standard InChI is InChI=1S/C27H30N6O/c1-2-7-21(8-3-1)18-34-25-10-6-9-23(16-25)33(27-26-17-28-20-32(26)30-19-29-27)24-12-11-22(15-24)31-13-4-5-14-31/h1-3,6-10,16-17,19-20,22,24H,4-5,11-15,18H2. The Labute approximate surface area is 200 Å². The van der Waals surface area contributed by atoms with Gasteiger partial charge in [-0.05, 0) is 62.9 Å². The molecule has 2 aromatic heterocycles. The molecule has 2 atom stereocenters. The Morgan fingerprint density at radius 2 is 1.88 bits per heavy atom. The molecule has 3 heterocycles. The van der Waals surface area contributed by atoms with Gasteiger partial charge in [0, 0.05) is 23.8 Å². The molecule has 4 aromatic rings. The van der Waals surface area contributed by atoms with Crippen LogP contribution in [0.3, 0.4) is 0 Å². The van der Waals surface area contributed by atoms with Crippen molar-refractivity contribution >= 4 is 17.0 Å². The average molecular weight is 455 g/mol. The minimum absolute atomic E-state index is 0.364. The number of nitrogens with zero attached hydrogens (tertiary/aromatic N) is 6. The van der Waals surface area contributed by atoms with E-state index in [1.807, 2.05) is 30.5 Å². The lowest BCUT2D eigenvalue weighted by atomic mass is 10.1. The number of imidazole rings is 1. The Kier molecular flexibility index (Phi) is 5.85. The third-order valence-electron chi connectivity index (χ3n) is 7.18. The molecule has 1 saturated heterocycles. The van der Waals surface area contributed by atoms with Crippen LogP contribution < -0.4 is 9.64 Å². The van der Waals surface area contributed by atoms with Gasteiger partial charge in [-0.1, -0.05) is 36.4 Å². The molecular formula is C27H30N6O. The molecular weight excluding hydrogens is 424 g/mol. The van der Waals surface area contributed by atoms with Gasteiger partial charge in [0.25, 0.3) is 0 Å². The van der Waals surface area contributed by atoms with Crippen molar-refractivity contribution in [1.82, 2.24) is 24.5 Å². The second-order valence-corrected chi connectivity index (χ2v) is 9.31. The summed E-state index contributed by atoms with van der Waals surface area (Å²) in [5.41, 5.74) is 3.17. The first-order chi connectivity index (χ1) is 16.8. The number of anilines is 2. The molecule has 7 nitrogen and oxygen atoms in total. The zero-order valence-electron chi connectivity index (χ0n) is 19.3. The number of likely N-dealkylation sites (tertiary alicyclic amines) is 1. The van der Waals surface area contributed by atoms with Crippen LogP contribution >= 0.6 is 0 Å². The number of rotatable bonds is 7. The molecule has 174 valence electrons. The highest BCUT2D eigenvalue weighted by Crippen LogP contribution is 2.39. The Bertz CT molecular complexity index is 1240. The highest BCUT2D eigenvalue weighted by Gasteiger charge is 2.35. The van der Waals surface area contributed by atoms with Crippen molar-refractivity contribution in [3.05, 3.63) is 79.0 Å². The molecule has 2 fully saturated rings. The number of benzene rings is 2. The molecule has 1 aliphatic heterocycles. The van der Waals surface area contributed by atoms with E-state index in [1.165, 1.54) is 32.4 Å². The maximum atomic E-state index is 6.17. The van der Waals surface area contributed by atoms with Gasteiger partial charge in [-0.25, -0.2) is 14.5 Å². The molecule has 0 spiro atoms. The van der Waals surface area contributed by atoms with E-state index in [2.05, 4.69) is 50.2 Å². The molecule has 1 saturated carbocycles. The first kappa shape index (κ1) is 21.1. The van der Waals surface area contributed by atoms with Gasteiger partial charge in [-0.15, -0.1) is 0 Å². The first-order valence-corrected chi connectivity index (χ1v) is 12.3. The zero-order valence-corrected chi connectivity index (χ0v) is 19.3. The topological polar surface area (TPSA) is 58.8 Å². The normalized spacial score (nSPS) is 20.7. The van der Waals surface area contributed by atoms with Crippen molar-refractivity contribution in [2.24, 2.45) is 0 Å². The van der Waals surface area contributed by atoms with Crippen LogP contribution in [0.2, 0.25) is 0 Å². The largest absolute Gasteiger partial charge is 0.489 e. The minimum Gasteiger partial charge on any atom is -0.489 e. The highest BCUT2D eigenvalue weighted by molar-refractivity contribution is 5.75. The summed E-state index contributed by atoms with van der Waals surface area (Å²) in [5.74, 6) is 1.76. The Morgan fingerprint density at radius 3 is 2.76 bits per heavy atom. The van der Waals surface area contributed by atoms with Gasteiger partial charge in [0.05, 0.1) is 6.20 Å². The summed E-state index contributed by atoms with van der Waals surface area (Å²) >= 11 is 0. The van der Waals surface area contributed by atoms with Crippen LogP contribution in [0.5, 0.6) is 5.75 Å². The monoisotopic (exact) mass is 454 g/mol. The first-order valence-electron chi connectivity index (χ1n) is 12.3. The molecule has 6 rings (SSSR count). The number of ether oxygens (including phenoxy) is 1. The zero-order chi connectivity index (χ0) is 22.7. The SMILES string of the molecule is c1ccc(COc2cccc(N(c3ncnn4cncc34)C3CCC(N4CCCC4)C3)c2)cc1. The van der Waals surface area contributed by atoms with Crippen LogP contribution in [-0.2, 0) is 6.61 Å². The van der Waals surface area contributed by atoms with Crippen molar-refractivity contribution in [3.8, 4) is 5.75 Å². The summed E-state index contributed by atoms with van der Waals surface area (Å²) in [6.45, 7) is 3.02. The van der Waals surface area contributed by atoms with E-state index in [9.17, 15) is 0 Å². The van der Waals surface area contributed by atoms with Gasteiger partial charge in [0.2, 0.25) is 0 Å². The Balaban J connectivity index is 1.32. The molecule has 2 aromatic carbocycles. The molecule has 34 heavy (non-hydrogen) atoms. The van der Waals surface area contributed by atoms with E-state index in [0.717, 1.165) is 41.2 Å². The fraction of sp³-hybridized carbons (Fsp3) is 0.370. The van der Waals surface area contributed by atoms with Crippen molar-refractivity contribution in [1.29, 1.82) is 0 Å². The third-order valence-corrected chi connectivity index (χ3v) is 7.18. The molecule has 1 aliphatic carbocycles. The minimum atomic E-state index is 0.364. The number of aromatic nitrogens is 4. The molecule has 2 aliphatic rings. The van der Waals surface area contributed by atoms with Crippen LogP contribution in [0.25, 0.3) is 5.52 Å². The molecule has 0 amide bonds. The molecule has 0 N–H and O–H groups in total. The van der Waals surface area contributed by atoms with Crippen LogP contribution in [0.4, 0.5) is 11.5 Å². The van der Waals surface area contributed by atoms with E-state index in [0.29, 0.717) is 18.7 Å². The van der Waals surface area contributed by atoms with Crippen LogP contribution in [0.1, 0.15) is 37.7 Å². The summed E-state index contributed by atoms with van der Waals surface area (Å²) < 4.78 is 7.97. The second kappa shape index (κ2) is 9.43. The third kappa shape index (κ3) is 4.23. The lowest BCUT2D eigenvalue weighted by Gasteiger charge is -2.32. The fourth-order valence-electron chi connectivity index (χ4n) is 5.51. The Morgan fingerprint density at radius 1 is 1.00 bits per heavy atom. The smallest absolute Gasteiger partial charge is 0.162 e. The van der Waals surface area contributed by atoms with Gasteiger partial charge in [-0.2, -0.15) is 5.10 Å².